The van der Waals surface area contributed by atoms with Crippen molar-refractivity contribution in [2.24, 2.45) is 10.2 Å². The Kier molecular flexibility index (Phi) is 7.79. The van der Waals surface area contributed by atoms with Crippen LogP contribution in [0.4, 0.5) is 28.4 Å². The van der Waals surface area contributed by atoms with Gasteiger partial charge in [0, 0.05) is 18.8 Å². The van der Waals surface area contributed by atoms with Crippen LogP contribution in [0.15, 0.2) is 51.5 Å². The number of rotatable bonds is 9. The Hall–Kier alpha value is -4.03. The zero-order valence-corrected chi connectivity index (χ0v) is 16.6. The van der Waals surface area contributed by atoms with E-state index in [4.69, 9.17) is 10.5 Å². The first-order chi connectivity index (χ1) is 14.4. The molecule has 0 amide bonds. The lowest BCUT2D eigenvalue weighted by Gasteiger charge is -2.21. The Bertz CT molecular complexity index is 1060. The molecule has 0 fully saturated rings. The van der Waals surface area contributed by atoms with E-state index >= 15 is 0 Å². The van der Waals surface area contributed by atoms with Crippen molar-refractivity contribution in [3.05, 3.63) is 56.6 Å². The van der Waals surface area contributed by atoms with Gasteiger partial charge in [-0.05, 0) is 49.0 Å². The molecule has 0 N–H and O–H groups in total. The molecule has 2 rings (SSSR count). The van der Waals surface area contributed by atoms with Crippen LogP contribution in [0.1, 0.15) is 13.3 Å². The standard InChI is InChI=1S/C18H15N7O4S/c1-2-23(9-3-8-19)14-6-4-13(5-7-14)21-22-15-10-18(30-12-20)17(25(28)29)11-16(15)24(26)27/h4-7,10-11H,2-3,9H2,1H3/b22-21+. The van der Waals surface area contributed by atoms with Gasteiger partial charge in [-0.15, -0.1) is 5.11 Å². The smallest absolute Gasteiger partial charge is 0.303 e. The third kappa shape index (κ3) is 5.50. The fraction of sp³-hybridized carbons (Fsp3) is 0.222. The first-order valence-corrected chi connectivity index (χ1v) is 9.39. The van der Waals surface area contributed by atoms with Crippen LogP contribution in [0.25, 0.3) is 0 Å². The summed E-state index contributed by atoms with van der Waals surface area (Å²) in [6.45, 7) is 3.27. The molecule has 0 aliphatic rings. The molecule has 30 heavy (non-hydrogen) atoms. The number of hydrogen-bond acceptors (Lipinski definition) is 10. The van der Waals surface area contributed by atoms with Crippen molar-refractivity contribution in [3.8, 4) is 11.5 Å². The van der Waals surface area contributed by atoms with Gasteiger partial charge in [0.25, 0.3) is 5.69 Å². The third-order valence-corrected chi connectivity index (χ3v) is 4.61. The van der Waals surface area contributed by atoms with Gasteiger partial charge in [-0.1, -0.05) is 0 Å². The van der Waals surface area contributed by atoms with Crippen molar-refractivity contribution in [1.29, 1.82) is 10.5 Å². The highest BCUT2D eigenvalue weighted by Crippen LogP contribution is 2.39. The zero-order valence-electron chi connectivity index (χ0n) is 15.8. The normalized spacial score (nSPS) is 10.4. The van der Waals surface area contributed by atoms with Crippen LogP contribution in [0.2, 0.25) is 0 Å². The molecular weight excluding hydrogens is 410 g/mol. The minimum Gasteiger partial charge on any atom is -0.371 e. The Balaban J connectivity index is 2.35. The van der Waals surface area contributed by atoms with Crippen LogP contribution < -0.4 is 4.90 Å². The highest BCUT2D eigenvalue weighted by atomic mass is 32.2. The first kappa shape index (κ1) is 22.3. The van der Waals surface area contributed by atoms with Crippen LogP contribution in [-0.2, 0) is 0 Å². The van der Waals surface area contributed by atoms with Gasteiger partial charge >= 0.3 is 5.69 Å². The van der Waals surface area contributed by atoms with Crippen molar-refractivity contribution in [2.45, 2.75) is 18.2 Å². The number of hydrogen-bond donors (Lipinski definition) is 0. The number of thiocyanates is 1. The van der Waals surface area contributed by atoms with Crippen LogP contribution in [0.3, 0.4) is 0 Å². The fourth-order valence-corrected chi connectivity index (χ4v) is 3.05. The Morgan fingerprint density at radius 3 is 2.27 bits per heavy atom. The van der Waals surface area contributed by atoms with E-state index in [1.807, 2.05) is 11.8 Å². The number of nitro groups is 2. The van der Waals surface area contributed by atoms with Crippen molar-refractivity contribution in [1.82, 2.24) is 0 Å². The highest BCUT2D eigenvalue weighted by molar-refractivity contribution is 8.03. The molecule has 152 valence electrons. The van der Waals surface area contributed by atoms with Gasteiger partial charge < -0.3 is 4.90 Å². The molecule has 2 aromatic carbocycles. The van der Waals surface area contributed by atoms with Crippen molar-refractivity contribution >= 4 is 40.2 Å². The number of thioether (sulfide) groups is 1. The number of anilines is 1. The first-order valence-electron chi connectivity index (χ1n) is 8.57. The summed E-state index contributed by atoms with van der Waals surface area (Å²) >= 11 is 0.512. The number of benzene rings is 2. The van der Waals surface area contributed by atoms with Gasteiger partial charge in [0.15, 0.2) is 5.69 Å². The third-order valence-electron chi connectivity index (χ3n) is 3.97. The van der Waals surface area contributed by atoms with Crippen LogP contribution in [0, 0.1) is 42.2 Å². The van der Waals surface area contributed by atoms with Crippen LogP contribution in [-0.4, -0.2) is 22.9 Å². The molecule has 0 unspecified atom stereocenters. The molecule has 0 spiro atoms. The molecule has 0 radical (unpaired) electrons. The predicted octanol–water partition coefficient (Wildman–Crippen LogP) is 5.23. The lowest BCUT2D eigenvalue weighted by atomic mass is 10.2. The summed E-state index contributed by atoms with van der Waals surface area (Å²) in [6.07, 6.45) is 0.391. The molecule has 2 aromatic rings. The maximum absolute atomic E-state index is 11.3. The van der Waals surface area contributed by atoms with Gasteiger partial charge in [-0.3, -0.25) is 20.2 Å². The van der Waals surface area contributed by atoms with Gasteiger partial charge in [0.1, 0.15) is 10.3 Å². The van der Waals surface area contributed by atoms with E-state index in [0.717, 1.165) is 24.4 Å². The second-order valence-electron chi connectivity index (χ2n) is 5.72. The Labute approximate surface area is 175 Å². The summed E-state index contributed by atoms with van der Waals surface area (Å²) in [5.41, 5.74) is -0.0267. The summed E-state index contributed by atoms with van der Waals surface area (Å²) in [7, 11) is 0. The van der Waals surface area contributed by atoms with E-state index < -0.39 is 21.2 Å². The zero-order chi connectivity index (χ0) is 22.1. The number of azo groups is 1. The fourth-order valence-electron chi connectivity index (χ4n) is 2.54. The molecule has 12 heteroatoms. The summed E-state index contributed by atoms with van der Waals surface area (Å²) in [6, 6.07) is 10.9. The number of nitrogens with zero attached hydrogens (tertiary/aromatic N) is 7. The average molecular weight is 425 g/mol. The molecule has 0 aromatic heterocycles. The van der Waals surface area contributed by atoms with E-state index in [-0.39, 0.29) is 10.6 Å². The van der Waals surface area contributed by atoms with Crippen molar-refractivity contribution < 1.29 is 9.85 Å². The maximum Gasteiger partial charge on any atom is 0.303 e. The van der Waals surface area contributed by atoms with E-state index in [1.54, 1.807) is 29.7 Å². The van der Waals surface area contributed by atoms with Crippen molar-refractivity contribution in [3.63, 3.8) is 0 Å². The molecule has 11 nitrogen and oxygen atoms in total. The van der Waals surface area contributed by atoms with Crippen molar-refractivity contribution in [2.75, 3.05) is 18.0 Å². The summed E-state index contributed by atoms with van der Waals surface area (Å²) in [5.74, 6) is 0. The SMILES string of the molecule is CCN(CCC#N)c1ccc(/N=N/c2cc(SC#N)c([N+](=O)[O-])cc2[N+](=O)[O-])cc1. The van der Waals surface area contributed by atoms with E-state index in [1.165, 1.54) is 0 Å². The monoisotopic (exact) mass is 425 g/mol. The molecule has 0 aliphatic carbocycles. The quantitative estimate of drug-likeness (QED) is 0.173. The average Bonchev–Trinajstić information content (AvgIpc) is 2.73. The minimum atomic E-state index is -0.794. The summed E-state index contributed by atoms with van der Waals surface area (Å²) < 4.78 is 0. The molecule has 0 bridgehead atoms. The van der Waals surface area contributed by atoms with Crippen LogP contribution in [0.5, 0.6) is 0 Å². The largest absolute Gasteiger partial charge is 0.371 e. The van der Waals surface area contributed by atoms with E-state index in [2.05, 4.69) is 16.3 Å². The summed E-state index contributed by atoms with van der Waals surface area (Å²) in [4.78, 5) is 22.8. The minimum absolute atomic E-state index is 0.0616. The second kappa shape index (κ2) is 10.5. The molecular formula is C18H15N7O4S. The predicted molar refractivity (Wildman–Crippen MR) is 110 cm³/mol. The van der Waals surface area contributed by atoms with Gasteiger partial charge in [-0.2, -0.15) is 15.6 Å². The highest BCUT2D eigenvalue weighted by Gasteiger charge is 2.25. The number of nitro benzene ring substituents is 2. The maximum atomic E-state index is 11.3. The molecule has 0 saturated carbocycles. The van der Waals surface area contributed by atoms with Gasteiger partial charge in [0.2, 0.25) is 0 Å². The molecule has 0 atom stereocenters. The lowest BCUT2D eigenvalue weighted by Crippen LogP contribution is -2.23. The summed E-state index contributed by atoms with van der Waals surface area (Å²) in [5, 5.41) is 49.5. The molecule has 0 aliphatic heterocycles. The van der Waals surface area contributed by atoms with E-state index in [0.29, 0.717) is 30.4 Å². The van der Waals surface area contributed by atoms with Gasteiger partial charge in [-0.25, -0.2) is 0 Å². The topological polar surface area (TPSA) is 162 Å². The van der Waals surface area contributed by atoms with Gasteiger partial charge in [0.05, 0.1) is 34.1 Å². The van der Waals surface area contributed by atoms with E-state index in [9.17, 15) is 20.2 Å². The second-order valence-corrected chi connectivity index (χ2v) is 6.55. The lowest BCUT2D eigenvalue weighted by molar-refractivity contribution is -0.395. The Morgan fingerprint density at radius 2 is 1.73 bits per heavy atom. The van der Waals surface area contributed by atoms with Crippen LogP contribution >= 0.6 is 11.8 Å². The molecule has 0 heterocycles. The molecule has 0 saturated heterocycles. The number of nitriles is 2. The Morgan fingerprint density at radius 1 is 1.07 bits per heavy atom.